The lowest BCUT2D eigenvalue weighted by Crippen LogP contribution is -1.83. The number of unbranched alkanes of at least 4 members (excludes halogenated alkanes) is 19. The number of hydrogen-bond donors (Lipinski definition) is 0. The summed E-state index contributed by atoms with van der Waals surface area (Å²) in [4.78, 5) is 0. The molecular weight excluding hydrogens is 300 g/mol. The van der Waals surface area contributed by atoms with Gasteiger partial charge in [-0.2, -0.15) is 0 Å². The maximum atomic E-state index is 3.90. The summed E-state index contributed by atoms with van der Waals surface area (Å²) >= 11 is 0. The molecule has 0 aromatic rings. The normalized spacial score (nSPS) is 10.6. The fourth-order valence-electron chi connectivity index (χ4n) is 3.26. The van der Waals surface area contributed by atoms with E-state index in [0.717, 1.165) is 25.7 Å². The van der Waals surface area contributed by atoms with Crippen LogP contribution in [0.3, 0.4) is 0 Å². The summed E-state index contributed by atoms with van der Waals surface area (Å²) in [6.07, 6.45) is 28.0. The van der Waals surface area contributed by atoms with Crippen LogP contribution in [0.15, 0.2) is 0 Å². The summed E-state index contributed by atoms with van der Waals surface area (Å²) in [6, 6.07) is 0. The monoisotopic (exact) mass is 346 g/mol. The first kappa shape index (κ1) is 24.6. The van der Waals surface area contributed by atoms with Gasteiger partial charge in [-0.15, -0.1) is 11.8 Å². The summed E-state index contributed by atoms with van der Waals surface area (Å²) < 4.78 is 0. The quantitative estimate of drug-likeness (QED) is 0.162. The van der Waals surface area contributed by atoms with Crippen molar-refractivity contribution in [2.75, 3.05) is 0 Å². The van der Waals surface area contributed by atoms with Crippen LogP contribution in [0, 0.1) is 25.7 Å². The van der Waals surface area contributed by atoms with Crippen LogP contribution in [-0.2, 0) is 0 Å². The van der Waals surface area contributed by atoms with E-state index in [-0.39, 0.29) is 0 Å². The Morgan fingerprint density at radius 3 is 0.840 bits per heavy atom. The highest BCUT2D eigenvalue weighted by molar-refractivity contribution is 4.98. The summed E-state index contributed by atoms with van der Waals surface area (Å²) in [5.74, 6) is 6.69. The molecule has 0 unspecified atom stereocenters. The molecule has 0 aromatic carbocycles. The molecule has 0 aliphatic rings. The summed E-state index contributed by atoms with van der Waals surface area (Å²) in [5.41, 5.74) is 0. The molecule has 0 spiro atoms. The first-order valence-corrected chi connectivity index (χ1v) is 11.5. The molecule has 0 heteroatoms. The molecule has 0 amide bonds. The van der Waals surface area contributed by atoms with Gasteiger partial charge in [0.05, 0.1) is 0 Å². The zero-order valence-corrected chi connectivity index (χ0v) is 17.3. The van der Waals surface area contributed by atoms with Gasteiger partial charge in [0, 0.05) is 12.8 Å². The van der Waals surface area contributed by atoms with E-state index in [1.54, 1.807) is 0 Å². The molecule has 0 heterocycles. The minimum Gasteiger partial charge on any atom is -0.103 e. The van der Waals surface area contributed by atoms with Crippen LogP contribution >= 0.6 is 0 Å². The molecule has 146 valence electrons. The lowest BCUT2D eigenvalue weighted by molar-refractivity contribution is 0.538. The minimum absolute atomic E-state index is 1.09. The van der Waals surface area contributed by atoms with E-state index in [1.165, 1.54) is 109 Å². The average molecular weight is 347 g/mol. The second-order valence-electron chi connectivity index (χ2n) is 7.57. The Labute approximate surface area is 160 Å². The molecule has 25 heavy (non-hydrogen) atoms. The second kappa shape index (κ2) is 23.6. The molecule has 0 saturated carbocycles. The second-order valence-corrected chi connectivity index (χ2v) is 7.57. The van der Waals surface area contributed by atoms with Crippen LogP contribution in [0.1, 0.15) is 135 Å². The maximum Gasteiger partial charge on any atom is 0.00886 e. The molecular formula is C25H46. The Balaban J connectivity index is 3.05. The third kappa shape index (κ3) is 23.6. The van der Waals surface area contributed by atoms with Crippen LogP contribution in [0.2, 0.25) is 0 Å². The predicted octanol–water partition coefficient (Wildman–Crippen LogP) is 8.85. The van der Waals surface area contributed by atoms with Gasteiger partial charge in [-0.05, 0) is 12.8 Å². The van der Waals surface area contributed by atoms with Crippen LogP contribution < -0.4 is 0 Å². The number of hydrogen-bond acceptors (Lipinski definition) is 0. The molecule has 0 rings (SSSR count). The Bertz CT molecular complexity index is 280. The van der Waals surface area contributed by atoms with Gasteiger partial charge in [0.2, 0.25) is 0 Å². The molecule has 0 nitrogen and oxygen atoms in total. The lowest BCUT2D eigenvalue weighted by atomic mass is 10.0. The van der Waals surface area contributed by atoms with E-state index in [1.807, 2.05) is 0 Å². The van der Waals surface area contributed by atoms with Crippen molar-refractivity contribution in [3.05, 3.63) is 13.8 Å². The van der Waals surface area contributed by atoms with Crippen molar-refractivity contribution in [3.8, 4) is 11.8 Å². The molecule has 2 radical (unpaired) electrons. The fraction of sp³-hybridized carbons (Fsp3) is 0.840. The highest BCUT2D eigenvalue weighted by atomic mass is 14.0. The van der Waals surface area contributed by atoms with Gasteiger partial charge in [-0.25, -0.2) is 0 Å². The molecule has 0 bridgehead atoms. The van der Waals surface area contributed by atoms with Crippen molar-refractivity contribution in [2.24, 2.45) is 0 Å². The van der Waals surface area contributed by atoms with Crippen LogP contribution in [-0.4, -0.2) is 0 Å². The van der Waals surface area contributed by atoms with E-state index in [4.69, 9.17) is 0 Å². The van der Waals surface area contributed by atoms with Gasteiger partial charge in [0.25, 0.3) is 0 Å². The fourth-order valence-corrected chi connectivity index (χ4v) is 3.26. The van der Waals surface area contributed by atoms with Gasteiger partial charge >= 0.3 is 0 Å². The van der Waals surface area contributed by atoms with Gasteiger partial charge < -0.3 is 0 Å². The summed E-state index contributed by atoms with van der Waals surface area (Å²) in [6.45, 7) is 7.78. The molecule has 0 atom stereocenters. The highest BCUT2D eigenvalue weighted by Crippen LogP contribution is 2.13. The summed E-state index contributed by atoms with van der Waals surface area (Å²) in [7, 11) is 0. The van der Waals surface area contributed by atoms with Crippen LogP contribution in [0.25, 0.3) is 0 Å². The van der Waals surface area contributed by atoms with Gasteiger partial charge in [0.1, 0.15) is 0 Å². The largest absolute Gasteiger partial charge is 0.103 e. The van der Waals surface area contributed by atoms with E-state index < -0.39 is 0 Å². The van der Waals surface area contributed by atoms with Gasteiger partial charge in [-0.1, -0.05) is 123 Å². The van der Waals surface area contributed by atoms with E-state index in [2.05, 4.69) is 25.7 Å². The Hall–Kier alpha value is -0.440. The first-order valence-electron chi connectivity index (χ1n) is 11.5. The van der Waals surface area contributed by atoms with E-state index in [0.29, 0.717) is 0 Å². The lowest BCUT2D eigenvalue weighted by Gasteiger charge is -2.02. The Morgan fingerprint density at radius 1 is 0.320 bits per heavy atom. The van der Waals surface area contributed by atoms with Crippen molar-refractivity contribution in [3.63, 3.8) is 0 Å². The highest BCUT2D eigenvalue weighted by Gasteiger charge is 1.93. The third-order valence-electron chi connectivity index (χ3n) is 4.98. The average Bonchev–Trinajstić information content (AvgIpc) is 2.63. The van der Waals surface area contributed by atoms with Crippen molar-refractivity contribution in [1.29, 1.82) is 0 Å². The minimum atomic E-state index is 1.09. The zero-order chi connectivity index (χ0) is 18.3. The van der Waals surface area contributed by atoms with E-state index in [9.17, 15) is 0 Å². The zero-order valence-electron chi connectivity index (χ0n) is 17.3. The van der Waals surface area contributed by atoms with Crippen molar-refractivity contribution < 1.29 is 0 Å². The molecule has 0 fully saturated rings. The van der Waals surface area contributed by atoms with Crippen LogP contribution in [0.5, 0.6) is 0 Å². The molecule has 0 aromatic heterocycles. The van der Waals surface area contributed by atoms with Crippen LogP contribution in [0.4, 0.5) is 0 Å². The van der Waals surface area contributed by atoms with Crippen molar-refractivity contribution in [2.45, 2.75) is 135 Å². The maximum absolute atomic E-state index is 3.90. The predicted molar refractivity (Wildman–Crippen MR) is 115 cm³/mol. The van der Waals surface area contributed by atoms with Gasteiger partial charge in [-0.3, -0.25) is 0 Å². The Morgan fingerprint density at radius 2 is 0.560 bits per heavy atom. The summed E-state index contributed by atoms with van der Waals surface area (Å²) in [5, 5.41) is 0. The van der Waals surface area contributed by atoms with Crippen molar-refractivity contribution in [1.82, 2.24) is 0 Å². The Kier molecular flexibility index (Phi) is 23.1. The number of rotatable bonds is 19. The standard InChI is InChI=1S/C25H46/c1-3-5-7-9-11-13-15-17-19-21-23-25-24-22-20-18-16-14-12-10-8-6-4-2/h1-15,17,19-25H2. The first-order chi connectivity index (χ1) is 12.4. The van der Waals surface area contributed by atoms with Crippen molar-refractivity contribution >= 4 is 0 Å². The van der Waals surface area contributed by atoms with E-state index >= 15 is 0 Å². The third-order valence-corrected chi connectivity index (χ3v) is 4.98. The van der Waals surface area contributed by atoms with Gasteiger partial charge in [0.15, 0.2) is 0 Å². The smallest absolute Gasteiger partial charge is 0.00886 e. The molecule has 0 saturated heterocycles. The molecule has 0 N–H and O–H groups in total. The SMILES string of the molecule is [CH2]CCCCCCC#CCCCCCCCCCCCCCCC[CH2]. The molecule has 0 aliphatic heterocycles. The molecule has 0 aliphatic carbocycles. The topological polar surface area (TPSA) is 0 Å².